The number of nitrogens with zero attached hydrogens (tertiary/aromatic N) is 2. The lowest BCUT2D eigenvalue weighted by molar-refractivity contribution is -0.132. The van der Waals surface area contributed by atoms with Crippen LogP contribution in [0.5, 0.6) is 0 Å². The number of likely N-dealkylation sites (N-methyl/N-ethyl adjacent to an activating group) is 1. The quantitative estimate of drug-likeness (QED) is 0.941. The molecule has 6 heteroatoms. The molecule has 1 unspecified atom stereocenters. The van der Waals surface area contributed by atoms with E-state index in [9.17, 15) is 4.79 Å². The fraction of sp³-hybridized carbons (Fsp3) is 0.429. The maximum Gasteiger partial charge on any atom is 0.240 e. The van der Waals surface area contributed by atoms with Crippen LogP contribution in [0.3, 0.4) is 0 Å². The molecule has 0 aliphatic carbocycles. The number of amides is 1. The molecule has 3 rings (SSSR count). The summed E-state index contributed by atoms with van der Waals surface area (Å²) in [7, 11) is 1.86. The summed E-state index contributed by atoms with van der Waals surface area (Å²) in [5.41, 5.74) is 1.01. The number of benzene rings is 1. The second-order valence-corrected chi connectivity index (χ2v) is 7.12. The van der Waals surface area contributed by atoms with E-state index in [1.165, 1.54) is 4.70 Å². The van der Waals surface area contributed by atoms with Gasteiger partial charge in [-0.25, -0.2) is 4.98 Å². The predicted octanol–water partition coefficient (Wildman–Crippen LogP) is 1.96. The summed E-state index contributed by atoms with van der Waals surface area (Å²) in [6, 6.07) is 8.04. The van der Waals surface area contributed by atoms with E-state index in [2.05, 4.69) is 16.4 Å². The van der Waals surface area contributed by atoms with Crippen LogP contribution in [0.15, 0.2) is 24.3 Å². The first-order valence-corrected chi connectivity index (χ1v) is 8.62. The lowest BCUT2D eigenvalue weighted by Gasteiger charge is -2.26. The third-order valence-electron chi connectivity index (χ3n) is 3.31. The minimum Gasteiger partial charge on any atom is -0.338 e. The molecule has 1 aliphatic heterocycles. The molecule has 1 N–H and O–H groups in total. The van der Waals surface area contributed by atoms with Crippen molar-refractivity contribution in [1.82, 2.24) is 15.2 Å². The summed E-state index contributed by atoms with van der Waals surface area (Å²) in [6.07, 6.45) is 0. The van der Waals surface area contributed by atoms with E-state index in [0.717, 1.165) is 28.6 Å². The van der Waals surface area contributed by atoms with Crippen molar-refractivity contribution in [1.29, 1.82) is 0 Å². The number of carbonyl (C=O) groups is 1. The monoisotopic (exact) mass is 307 g/mol. The van der Waals surface area contributed by atoms with Crippen LogP contribution in [0.1, 0.15) is 5.01 Å². The summed E-state index contributed by atoms with van der Waals surface area (Å²) in [6.45, 7) is 1.50. The zero-order chi connectivity index (χ0) is 13.9. The van der Waals surface area contributed by atoms with Crippen molar-refractivity contribution >= 4 is 39.2 Å². The number of fused-ring (bicyclic) bond motifs is 1. The van der Waals surface area contributed by atoms with Crippen molar-refractivity contribution in [3.05, 3.63) is 29.3 Å². The van der Waals surface area contributed by atoms with Crippen molar-refractivity contribution < 1.29 is 4.79 Å². The maximum atomic E-state index is 12.3. The van der Waals surface area contributed by atoms with E-state index < -0.39 is 0 Å². The van der Waals surface area contributed by atoms with Gasteiger partial charge in [-0.3, -0.25) is 4.79 Å². The Kier molecular flexibility index (Phi) is 4.24. The van der Waals surface area contributed by atoms with Gasteiger partial charge in [0.15, 0.2) is 0 Å². The topological polar surface area (TPSA) is 45.2 Å². The second-order valence-electron chi connectivity index (χ2n) is 4.85. The van der Waals surface area contributed by atoms with Crippen molar-refractivity contribution in [2.45, 2.75) is 12.6 Å². The number of nitrogens with one attached hydrogen (secondary N) is 1. The average Bonchev–Trinajstić information content (AvgIpc) is 2.89. The largest absolute Gasteiger partial charge is 0.338 e. The third-order valence-corrected chi connectivity index (χ3v) is 5.39. The molecule has 1 fully saturated rings. The van der Waals surface area contributed by atoms with Gasteiger partial charge in [0.05, 0.1) is 22.8 Å². The molecule has 0 radical (unpaired) electrons. The molecule has 1 aliphatic rings. The Morgan fingerprint density at radius 3 is 3.10 bits per heavy atom. The van der Waals surface area contributed by atoms with Crippen LogP contribution in [0.4, 0.5) is 0 Å². The molecule has 0 spiro atoms. The fourth-order valence-electron chi connectivity index (χ4n) is 2.26. The first-order valence-electron chi connectivity index (χ1n) is 6.64. The van der Waals surface area contributed by atoms with E-state index >= 15 is 0 Å². The normalized spacial score (nSPS) is 19.1. The number of carbonyl (C=O) groups excluding carboxylic acids is 1. The van der Waals surface area contributed by atoms with Crippen LogP contribution in [-0.2, 0) is 11.3 Å². The minimum atomic E-state index is -0.0480. The highest BCUT2D eigenvalue weighted by atomic mass is 32.2. The molecular weight excluding hydrogens is 290 g/mol. The van der Waals surface area contributed by atoms with Crippen LogP contribution in [0, 0.1) is 0 Å². The molecule has 4 nitrogen and oxygen atoms in total. The van der Waals surface area contributed by atoms with Gasteiger partial charge in [-0.1, -0.05) is 12.1 Å². The first-order chi connectivity index (χ1) is 9.74. The summed E-state index contributed by atoms with van der Waals surface area (Å²) in [5.74, 6) is 2.12. The van der Waals surface area contributed by atoms with Crippen LogP contribution in [-0.4, -0.2) is 46.9 Å². The van der Waals surface area contributed by atoms with Gasteiger partial charge in [-0.15, -0.1) is 11.3 Å². The highest BCUT2D eigenvalue weighted by Crippen LogP contribution is 2.22. The van der Waals surface area contributed by atoms with E-state index in [1.807, 2.05) is 37.0 Å². The van der Waals surface area contributed by atoms with Gasteiger partial charge in [0.25, 0.3) is 0 Å². The second kappa shape index (κ2) is 6.11. The fourth-order valence-corrected chi connectivity index (χ4v) is 4.20. The number of thiazole rings is 1. The number of hydrogen-bond acceptors (Lipinski definition) is 5. The Hall–Kier alpha value is -1.11. The van der Waals surface area contributed by atoms with E-state index in [-0.39, 0.29) is 11.9 Å². The molecule has 1 aromatic heterocycles. The lowest BCUT2D eigenvalue weighted by Crippen LogP contribution is -2.49. The minimum absolute atomic E-state index is 0.0480. The Morgan fingerprint density at radius 1 is 1.50 bits per heavy atom. The number of aromatic nitrogens is 1. The molecule has 1 atom stereocenters. The smallest absolute Gasteiger partial charge is 0.240 e. The van der Waals surface area contributed by atoms with E-state index in [1.54, 1.807) is 16.2 Å². The van der Waals surface area contributed by atoms with Gasteiger partial charge in [0.2, 0.25) is 5.91 Å². The third kappa shape index (κ3) is 2.97. The summed E-state index contributed by atoms with van der Waals surface area (Å²) >= 11 is 3.49. The maximum absolute atomic E-state index is 12.3. The molecule has 2 heterocycles. The van der Waals surface area contributed by atoms with Crippen molar-refractivity contribution in [2.24, 2.45) is 0 Å². The van der Waals surface area contributed by atoms with Crippen molar-refractivity contribution in [3.63, 3.8) is 0 Å². The van der Waals surface area contributed by atoms with E-state index in [0.29, 0.717) is 6.54 Å². The van der Waals surface area contributed by atoms with Gasteiger partial charge < -0.3 is 10.2 Å². The van der Waals surface area contributed by atoms with Gasteiger partial charge in [0, 0.05) is 25.1 Å². The molecular formula is C14H17N3OS2. The molecule has 0 bridgehead atoms. The van der Waals surface area contributed by atoms with Gasteiger partial charge in [0.1, 0.15) is 5.01 Å². The van der Waals surface area contributed by atoms with Crippen molar-refractivity contribution in [3.8, 4) is 0 Å². The van der Waals surface area contributed by atoms with Crippen molar-refractivity contribution in [2.75, 3.05) is 25.1 Å². The molecule has 1 amide bonds. The molecule has 1 aromatic carbocycles. The Bertz CT molecular complexity index is 574. The highest BCUT2D eigenvalue weighted by Gasteiger charge is 2.24. The Morgan fingerprint density at radius 2 is 2.35 bits per heavy atom. The van der Waals surface area contributed by atoms with E-state index in [4.69, 9.17) is 0 Å². The van der Waals surface area contributed by atoms with Gasteiger partial charge in [-0.05, 0) is 12.1 Å². The predicted molar refractivity (Wildman–Crippen MR) is 85.2 cm³/mol. The molecule has 20 heavy (non-hydrogen) atoms. The molecule has 106 valence electrons. The Labute approximate surface area is 126 Å². The van der Waals surface area contributed by atoms with Gasteiger partial charge in [-0.2, -0.15) is 11.8 Å². The van der Waals surface area contributed by atoms with Crippen LogP contribution >= 0.6 is 23.1 Å². The molecule has 1 saturated heterocycles. The van der Waals surface area contributed by atoms with Crippen LogP contribution in [0.25, 0.3) is 10.2 Å². The first kappa shape index (κ1) is 13.9. The Balaban J connectivity index is 1.68. The zero-order valence-electron chi connectivity index (χ0n) is 11.3. The molecule has 2 aromatic rings. The number of hydrogen-bond donors (Lipinski definition) is 1. The SMILES string of the molecule is CN(Cc1nc2ccccc2s1)C(=O)C1CSCCN1. The standard InChI is InChI=1S/C14H17N3OS2/c1-17(14(18)11-9-19-7-6-15-11)8-13-16-10-4-2-3-5-12(10)20-13/h2-5,11,15H,6-9H2,1H3. The zero-order valence-corrected chi connectivity index (χ0v) is 13.0. The molecule has 0 saturated carbocycles. The lowest BCUT2D eigenvalue weighted by atomic mass is 10.3. The summed E-state index contributed by atoms with van der Waals surface area (Å²) in [5, 5.41) is 4.27. The highest BCUT2D eigenvalue weighted by molar-refractivity contribution is 7.99. The number of thioether (sulfide) groups is 1. The van der Waals surface area contributed by atoms with Crippen LogP contribution in [0.2, 0.25) is 0 Å². The average molecular weight is 307 g/mol. The van der Waals surface area contributed by atoms with Crippen LogP contribution < -0.4 is 5.32 Å². The summed E-state index contributed by atoms with van der Waals surface area (Å²) < 4.78 is 1.18. The summed E-state index contributed by atoms with van der Waals surface area (Å²) in [4.78, 5) is 18.7. The van der Waals surface area contributed by atoms with Gasteiger partial charge >= 0.3 is 0 Å². The number of rotatable bonds is 3. The number of para-hydroxylation sites is 1.